The summed E-state index contributed by atoms with van der Waals surface area (Å²) < 4.78 is 0. The predicted molar refractivity (Wildman–Crippen MR) is 86.0 cm³/mol. The molecule has 1 heterocycles. The summed E-state index contributed by atoms with van der Waals surface area (Å²) >= 11 is 12.1. The fraction of sp³-hybridized carbons (Fsp3) is 0.333. The number of aromatic nitrogens is 1. The van der Waals surface area contributed by atoms with Crippen molar-refractivity contribution in [1.82, 2.24) is 10.3 Å². The van der Waals surface area contributed by atoms with Crippen LogP contribution < -0.4 is 10.6 Å². The number of rotatable bonds is 5. The fourth-order valence-corrected chi connectivity index (χ4v) is 2.41. The van der Waals surface area contributed by atoms with Crippen LogP contribution in [-0.2, 0) is 4.79 Å². The molecule has 2 aromatic rings. The number of hydrogen-bond donors (Lipinski definition) is 2. The average Bonchev–Trinajstić information content (AvgIpc) is 3.31. The van der Waals surface area contributed by atoms with Crippen molar-refractivity contribution in [2.24, 2.45) is 5.92 Å². The van der Waals surface area contributed by atoms with Crippen LogP contribution >= 0.6 is 23.2 Å². The quantitative estimate of drug-likeness (QED) is 0.885. The molecule has 0 spiro atoms. The number of benzene rings is 1. The Bertz CT molecular complexity index is 686. The molecule has 1 amide bonds. The van der Waals surface area contributed by atoms with Crippen molar-refractivity contribution in [3.8, 4) is 0 Å². The Morgan fingerprint density at radius 1 is 1.24 bits per heavy atom. The summed E-state index contributed by atoms with van der Waals surface area (Å²) in [4.78, 5) is 16.1. The van der Waals surface area contributed by atoms with Crippen LogP contribution in [0, 0.1) is 5.92 Å². The highest BCUT2D eigenvalue weighted by Crippen LogP contribution is 2.30. The molecule has 1 saturated carbocycles. The van der Waals surface area contributed by atoms with Crippen molar-refractivity contribution in [3.05, 3.63) is 34.3 Å². The number of amides is 1. The Morgan fingerprint density at radius 2 is 2.00 bits per heavy atom. The van der Waals surface area contributed by atoms with Gasteiger partial charge in [-0.2, -0.15) is 0 Å². The standard InChI is InChI=1S/C15H15Cl2N3O/c16-11-5-3-10-4-6-12(20-15(10)14(11)17)18-8-13(21)19-7-9-1-2-9/h3-6,9H,1-2,7-8H2,(H,18,20)(H,19,21). The highest BCUT2D eigenvalue weighted by Gasteiger charge is 2.21. The Balaban J connectivity index is 1.66. The predicted octanol–water partition coefficient (Wildman–Crippen LogP) is 3.48. The van der Waals surface area contributed by atoms with E-state index in [0.717, 1.165) is 11.9 Å². The Labute approximate surface area is 132 Å². The van der Waals surface area contributed by atoms with Crippen molar-refractivity contribution < 1.29 is 4.79 Å². The topological polar surface area (TPSA) is 54.0 Å². The van der Waals surface area contributed by atoms with E-state index < -0.39 is 0 Å². The minimum Gasteiger partial charge on any atom is -0.361 e. The summed E-state index contributed by atoms with van der Waals surface area (Å²) in [6.07, 6.45) is 2.44. The van der Waals surface area contributed by atoms with E-state index in [9.17, 15) is 4.79 Å². The van der Waals surface area contributed by atoms with Crippen LogP contribution in [-0.4, -0.2) is 24.0 Å². The lowest BCUT2D eigenvalue weighted by Crippen LogP contribution is -2.31. The number of carbonyl (C=O) groups excluding carboxylic acids is 1. The van der Waals surface area contributed by atoms with E-state index in [4.69, 9.17) is 23.2 Å². The summed E-state index contributed by atoms with van der Waals surface area (Å²) in [6, 6.07) is 7.32. The molecule has 4 nitrogen and oxygen atoms in total. The summed E-state index contributed by atoms with van der Waals surface area (Å²) in [6.45, 7) is 0.969. The number of nitrogens with one attached hydrogen (secondary N) is 2. The molecule has 0 unspecified atom stereocenters. The van der Waals surface area contributed by atoms with Gasteiger partial charge in [0.1, 0.15) is 5.82 Å². The molecular formula is C15H15Cl2N3O. The number of anilines is 1. The molecule has 1 fully saturated rings. The van der Waals surface area contributed by atoms with Gasteiger partial charge in [0.2, 0.25) is 5.91 Å². The lowest BCUT2D eigenvalue weighted by atomic mass is 10.2. The number of carbonyl (C=O) groups is 1. The summed E-state index contributed by atoms with van der Waals surface area (Å²) in [5.41, 5.74) is 0.632. The van der Waals surface area contributed by atoms with E-state index in [0.29, 0.717) is 27.3 Å². The monoisotopic (exact) mass is 323 g/mol. The van der Waals surface area contributed by atoms with Crippen molar-refractivity contribution in [2.75, 3.05) is 18.4 Å². The van der Waals surface area contributed by atoms with Crippen molar-refractivity contribution in [3.63, 3.8) is 0 Å². The zero-order valence-corrected chi connectivity index (χ0v) is 12.8. The van der Waals surface area contributed by atoms with Gasteiger partial charge in [0.05, 0.1) is 22.1 Å². The van der Waals surface area contributed by atoms with E-state index in [2.05, 4.69) is 15.6 Å². The number of halogens is 2. The van der Waals surface area contributed by atoms with Gasteiger partial charge in [-0.15, -0.1) is 0 Å². The summed E-state index contributed by atoms with van der Waals surface area (Å²) in [5, 5.41) is 7.70. The van der Waals surface area contributed by atoms with Gasteiger partial charge in [0.25, 0.3) is 0 Å². The van der Waals surface area contributed by atoms with Crippen LogP contribution in [0.25, 0.3) is 10.9 Å². The third-order valence-electron chi connectivity index (χ3n) is 3.47. The lowest BCUT2D eigenvalue weighted by Gasteiger charge is -2.08. The van der Waals surface area contributed by atoms with Crippen LogP contribution in [0.4, 0.5) is 5.82 Å². The maximum atomic E-state index is 11.7. The molecule has 0 atom stereocenters. The fourth-order valence-electron chi connectivity index (χ4n) is 2.04. The molecule has 21 heavy (non-hydrogen) atoms. The van der Waals surface area contributed by atoms with Gasteiger partial charge in [-0.3, -0.25) is 4.79 Å². The molecule has 0 radical (unpaired) electrons. The Kier molecular flexibility index (Phi) is 4.17. The van der Waals surface area contributed by atoms with Gasteiger partial charge in [-0.05, 0) is 37.0 Å². The van der Waals surface area contributed by atoms with Gasteiger partial charge in [-0.1, -0.05) is 29.3 Å². The zero-order valence-electron chi connectivity index (χ0n) is 11.3. The van der Waals surface area contributed by atoms with Crippen LogP contribution in [0.15, 0.2) is 24.3 Å². The molecule has 1 aromatic heterocycles. The largest absolute Gasteiger partial charge is 0.361 e. The number of pyridine rings is 1. The van der Waals surface area contributed by atoms with E-state index in [1.165, 1.54) is 12.8 Å². The normalized spacial score (nSPS) is 14.2. The first kappa shape index (κ1) is 14.4. The van der Waals surface area contributed by atoms with Gasteiger partial charge in [-0.25, -0.2) is 4.98 Å². The third-order valence-corrected chi connectivity index (χ3v) is 4.26. The van der Waals surface area contributed by atoms with E-state index in [1.807, 2.05) is 18.2 Å². The second-order valence-electron chi connectivity index (χ2n) is 5.23. The molecule has 1 aliphatic carbocycles. The van der Waals surface area contributed by atoms with Crippen molar-refractivity contribution >= 4 is 45.8 Å². The second kappa shape index (κ2) is 6.08. The molecule has 2 N–H and O–H groups in total. The Hall–Kier alpha value is -1.52. The van der Waals surface area contributed by atoms with Crippen molar-refractivity contribution in [2.45, 2.75) is 12.8 Å². The lowest BCUT2D eigenvalue weighted by molar-refractivity contribution is -0.119. The molecule has 0 saturated heterocycles. The Morgan fingerprint density at radius 3 is 2.76 bits per heavy atom. The zero-order chi connectivity index (χ0) is 14.8. The maximum absolute atomic E-state index is 11.7. The molecule has 1 aromatic carbocycles. The smallest absolute Gasteiger partial charge is 0.239 e. The molecule has 0 bridgehead atoms. The minimum absolute atomic E-state index is 0.0269. The number of fused-ring (bicyclic) bond motifs is 1. The SMILES string of the molecule is O=C(CNc1ccc2ccc(Cl)c(Cl)c2n1)NCC1CC1. The average molecular weight is 324 g/mol. The van der Waals surface area contributed by atoms with Gasteiger partial charge in [0.15, 0.2) is 0 Å². The maximum Gasteiger partial charge on any atom is 0.239 e. The summed E-state index contributed by atoms with van der Waals surface area (Å²) in [5.74, 6) is 1.25. The van der Waals surface area contributed by atoms with Crippen LogP contribution in [0.2, 0.25) is 10.0 Å². The first-order valence-corrected chi connectivity index (χ1v) is 7.64. The molecular weight excluding hydrogens is 309 g/mol. The molecule has 110 valence electrons. The molecule has 1 aliphatic rings. The van der Waals surface area contributed by atoms with Crippen LogP contribution in [0.1, 0.15) is 12.8 Å². The third kappa shape index (κ3) is 3.57. The molecule has 0 aliphatic heterocycles. The highest BCUT2D eigenvalue weighted by atomic mass is 35.5. The van der Waals surface area contributed by atoms with E-state index >= 15 is 0 Å². The molecule has 3 rings (SSSR count). The van der Waals surface area contributed by atoms with E-state index in [1.54, 1.807) is 6.07 Å². The van der Waals surface area contributed by atoms with E-state index in [-0.39, 0.29) is 12.5 Å². The van der Waals surface area contributed by atoms with Gasteiger partial charge >= 0.3 is 0 Å². The first-order chi connectivity index (χ1) is 10.1. The first-order valence-electron chi connectivity index (χ1n) is 6.89. The second-order valence-corrected chi connectivity index (χ2v) is 6.02. The number of nitrogens with zero attached hydrogens (tertiary/aromatic N) is 1. The van der Waals surface area contributed by atoms with Crippen LogP contribution in [0.5, 0.6) is 0 Å². The van der Waals surface area contributed by atoms with Gasteiger partial charge < -0.3 is 10.6 Å². The minimum atomic E-state index is -0.0269. The highest BCUT2D eigenvalue weighted by molar-refractivity contribution is 6.45. The summed E-state index contributed by atoms with van der Waals surface area (Å²) in [7, 11) is 0. The van der Waals surface area contributed by atoms with Crippen LogP contribution in [0.3, 0.4) is 0 Å². The number of hydrogen-bond acceptors (Lipinski definition) is 3. The molecule has 6 heteroatoms. The van der Waals surface area contributed by atoms with Crippen molar-refractivity contribution in [1.29, 1.82) is 0 Å². The van der Waals surface area contributed by atoms with Gasteiger partial charge in [0, 0.05) is 11.9 Å².